The highest BCUT2D eigenvalue weighted by atomic mass is 32.2. The number of carbonyl (C=O) groups excluding carboxylic acids is 1. The number of methoxy groups -OCH3 is 1. The molecule has 126 valence electrons. The summed E-state index contributed by atoms with van der Waals surface area (Å²) in [6.07, 6.45) is 0. The molecule has 2 aromatic rings. The average Bonchev–Trinajstić information content (AvgIpc) is 2.61. The third-order valence-corrected chi connectivity index (χ3v) is 4.31. The van der Waals surface area contributed by atoms with Gasteiger partial charge in [-0.2, -0.15) is 11.8 Å². The van der Waals surface area contributed by atoms with Crippen molar-refractivity contribution < 1.29 is 14.5 Å². The smallest absolute Gasteiger partial charge is 0.270 e. The number of non-ortho nitro benzene ring substituents is 1. The zero-order valence-corrected chi connectivity index (χ0v) is 14.0. The number of hydrogen-bond acceptors (Lipinski definition) is 5. The van der Waals surface area contributed by atoms with Crippen LogP contribution >= 0.6 is 11.8 Å². The number of amides is 1. The Hall–Kier alpha value is -2.54. The van der Waals surface area contributed by atoms with Gasteiger partial charge in [-0.25, -0.2) is 0 Å². The summed E-state index contributed by atoms with van der Waals surface area (Å²) in [7, 11) is 1.42. The van der Waals surface area contributed by atoms with Crippen LogP contribution in [-0.2, 0) is 5.75 Å². The van der Waals surface area contributed by atoms with E-state index in [1.165, 1.54) is 30.9 Å². The van der Waals surface area contributed by atoms with Crippen LogP contribution in [0.15, 0.2) is 48.5 Å². The van der Waals surface area contributed by atoms with Gasteiger partial charge < -0.3 is 10.1 Å². The molecule has 0 radical (unpaired) electrons. The molecular weight excluding hydrogens is 328 g/mol. The van der Waals surface area contributed by atoms with Gasteiger partial charge in [0, 0.05) is 30.2 Å². The fourth-order valence-corrected chi connectivity index (χ4v) is 2.90. The van der Waals surface area contributed by atoms with Crippen molar-refractivity contribution in [3.63, 3.8) is 0 Å². The number of hydrogen-bond donors (Lipinski definition) is 1. The number of nitro groups is 1. The van der Waals surface area contributed by atoms with Crippen molar-refractivity contribution in [1.82, 2.24) is 5.32 Å². The first-order valence-electron chi connectivity index (χ1n) is 7.34. The van der Waals surface area contributed by atoms with Crippen molar-refractivity contribution in [2.45, 2.75) is 5.75 Å². The van der Waals surface area contributed by atoms with Crippen molar-refractivity contribution in [2.24, 2.45) is 0 Å². The molecule has 0 atom stereocenters. The van der Waals surface area contributed by atoms with Crippen molar-refractivity contribution in [3.05, 3.63) is 69.8 Å². The van der Waals surface area contributed by atoms with Crippen LogP contribution in [0.3, 0.4) is 0 Å². The minimum Gasteiger partial charge on any atom is -0.496 e. The Morgan fingerprint density at radius 3 is 2.67 bits per heavy atom. The lowest BCUT2D eigenvalue weighted by Crippen LogP contribution is -2.26. The van der Waals surface area contributed by atoms with E-state index in [9.17, 15) is 14.9 Å². The summed E-state index contributed by atoms with van der Waals surface area (Å²) in [4.78, 5) is 22.5. The van der Waals surface area contributed by atoms with Crippen LogP contribution in [0.4, 0.5) is 5.69 Å². The van der Waals surface area contributed by atoms with Gasteiger partial charge in [-0.3, -0.25) is 14.9 Å². The van der Waals surface area contributed by atoms with Gasteiger partial charge in [-0.05, 0) is 11.6 Å². The van der Waals surface area contributed by atoms with Crippen LogP contribution in [0.2, 0.25) is 0 Å². The lowest BCUT2D eigenvalue weighted by molar-refractivity contribution is -0.384. The van der Waals surface area contributed by atoms with E-state index in [1.54, 1.807) is 11.8 Å². The fourth-order valence-electron chi connectivity index (χ4n) is 2.08. The number of carbonyl (C=O) groups is 1. The first-order valence-corrected chi connectivity index (χ1v) is 8.49. The van der Waals surface area contributed by atoms with Gasteiger partial charge in [0.2, 0.25) is 0 Å². The minimum atomic E-state index is -0.536. The molecule has 2 rings (SSSR count). The molecule has 1 amide bonds. The van der Waals surface area contributed by atoms with Crippen molar-refractivity contribution in [3.8, 4) is 5.75 Å². The monoisotopic (exact) mass is 346 g/mol. The molecule has 24 heavy (non-hydrogen) atoms. The van der Waals surface area contributed by atoms with E-state index in [2.05, 4.69) is 17.4 Å². The second kappa shape index (κ2) is 8.93. The highest BCUT2D eigenvalue weighted by Gasteiger charge is 2.17. The number of nitrogens with one attached hydrogen (secondary N) is 1. The quantitative estimate of drug-likeness (QED) is 0.451. The fraction of sp³-hybridized carbons (Fsp3) is 0.235. The molecule has 0 bridgehead atoms. The summed E-state index contributed by atoms with van der Waals surface area (Å²) in [6, 6.07) is 14.0. The maximum Gasteiger partial charge on any atom is 0.270 e. The predicted octanol–water partition coefficient (Wildman–Crippen LogP) is 3.27. The van der Waals surface area contributed by atoms with Gasteiger partial charge in [0.25, 0.3) is 11.6 Å². The van der Waals surface area contributed by atoms with Crippen molar-refractivity contribution >= 4 is 23.4 Å². The van der Waals surface area contributed by atoms with Gasteiger partial charge in [0.15, 0.2) is 0 Å². The molecule has 0 heterocycles. The molecule has 0 unspecified atom stereocenters. The Kier molecular flexibility index (Phi) is 6.62. The molecule has 0 aliphatic rings. The van der Waals surface area contributed by atoms with E-state index in [0.717, 1.165) is 11.5 Å². The Morgan fingerprint density at radius 1 is 1.25 bits per heavy atom. The summed E-state index contributed by atoms with van der Waals surface area (Å²) in [6.45, 7) is 0.474. The third-order valence-electron chi connectivity index (χ3n) is 3.28. The second-order valence-corrected chi connectivity index (χ2v) is 6.04. The van der Waals surface area contributed by atoms with E-state index in [4.69, 9.17) is 4.74 Å². The number of thioether (sulfide) groups is 1. The van der Waals surface area contributed by atoms with E-state index in [0.29, 0.717) is 12.3 Å². The van der Waals surface area contributed by atoms with Gasteiger partial charge in [-0.15, -0.1) is 0 Å². The predicted molar refractivity (Wildman–Crippen MR) is 94.6 cm³/mol. The SMILES string of the molecule is COc1ccc([N+](=O)[O-])cc1C(=O)NCCSCc1ccccc1. The highest BCUT2D eigenvalue weighted by molar-refractivity contribution is 7.98. The maximum atomic E-state index is 12.2. The molecule has 0 fully saturated rings. The molecule has 1 N–H and O–H groups in total. The van der Waals surface area contributed by atoms with Crippen LogP contribution < -0.4 is 10.1 Å². The minimum absolute atomic E-state index is 0.139. The number of ether oxygens (including phenoxy) is 1. The molecule has 0 saturated heterocycles. The number of rotatable bonds is 8. The topological polar surface area (TPSA) is 81.5 Å². The van der Waals surface area contributed by atoms with Gasteiger partial charge in [0.05, 0.1) is 17.6 Å². The van der Waals surface area contributed by atoms with Crippen molar-refractivity contribution in [1.29, 1.82) is 0 Å². The molecule has 0 aromatic heterocycles. The Balaban J connectivity index is 1.85. The van der Waals surface area contributed by atoms with Gasteiger partial charge >= 0.3 is 0 Å². The normalized spacial score (nSPS) is 10.2. The van der Waals surface area contributed by atoms with Crippen LogP contribution in [0.25, 0.3) is 0 Å². The van der Waals surface area contributed by atoms with Crippen LogP contribution in [0.5, 0.6) is 5.75 Å². The first-order chi connectivity index (χ1) is 11.6. The summed E-state index contributed by atoms with van der Waals surface area (Å²) in [5.41, 5.74) is 1.26. The number of nitrogens with zero attached hydrogens (tertiary/aromatic N) is 1. The molecular formula is C17H18N2O4S. The zero-order chi connectivity index (χ0) is 17.4. The molecule has 0 aliphatic heterocycles. The lowest BCUT2D eigenvalue weighted by atomic mass is 10.1. The van der Waals surface area contributed by atoms with E-state index in [-0.39, 0.29) is 17.2 Å². The largest absolute Gasteiger partial charge is 0.496 e. The average molecular weight is 346 g/mol. The summed E-state index contributed by atoms with van der Waals surface area (Å²) < 4.78 is 5.10. The highest BCUT2D eigenvalue weighted by Crippen LogP contribution is 2.23. The molecule has 7 heteroatoms. The lowest BCUT2D eigenvalue weighted by Gasteiger charge is -2.09. The van der Waals surface area contributed by atoms with E-state index in [1.807, 2.05) is 18.2 Å². The van der Waals surface area contributed by atoms with E-state index < -0.39 is 4.92 Å². The van der Waals surface area contributed by atoms with E-state index >= 15 is 0 Å². The number of nitro benzene ring substituents is 1. The standard InChI is InChI=1S/C17H18N2O4S/c1-23-16-8-7-14(19(21)22)11-15(16)17(20)18-9-10-24-12-13-5-3-2-4-6-13/h2-8,11H,9-10,12H2,1H3,(H,18,20). The first kappa shape index (κ1) is 17.8. The molecule has 0 aliphatic carbocycles. The molecule has 2 aromatic carbocycles. The molecule has 0 saturated carbocycles. The molecule has 0 spiro atoms. The maximum absolute atomic E-state index is 12.2. The van der Waals surface area contributed by atoms with Gasteiger partial charge in [-0.1, -0.05) is 30.3 Å². The van der Waals surface area contributed by atoms with Gasteiger partial charge in [0.1, 0.15) is 5.75 Å². The van der Waals surface area contributed by atoms with Crippen LogP contribution in [-0.4, -0.2) is 30.2 Å². The molecule has 6 nitrogen and oxygen atoms in total. The Labute approximate surface area is 144 Å². The van der Waals surface area contributed by atoms with Crippen LogP contribution in [0, 0.1) is 10.1 Å². The van der Waals surface area contributed by atoms with Crippen molar-refractivity contribution in [2.75, 3.05) is 19.4 Å². The third kappa shape index (κ3) is 4.99. The summed E-state index contributed by atoms with van der Waals surface area (Å²) >= 11 is 1.71. The number of benzene rings is 2. The zero-order valence-electron chi connectivity index (χ0n) is 13.2. The summed E-state index contributed by atoms with van der Waals surface area (Å²) in [5.74, 6) is 1.56. The Bertz CT molecular complexity index is 707. The Morgan fingerprint density at radius 2 is 2.00 bits per heavy atom. The second-order valence-electron chi connectivity index (χ2n) is 4.94. The summed E-state index contributed by atoms with van der Waals surface area (Å²) in [5, 5.41) is 13.6. The van der Waals surface area contributed by atoms with Crippen LogP contribution in [0.1, 0.15) is 15.9 Å².